The van der Waals surface area contributed by atoms with Gasteiger partial charge < -0.3 is 16.2 Å². The molecule has 0 spiro atoms. The smallest absolute Gasteiger partial charge is 0.305 e. The minimum absolute atomic E-state index is 0.0432. The second kappa shape index (κ2) is 6.43. The van der Waals surface area contributed by atoms with Crippen molar-refractivity contribution in [1.29, 1.82) is 0 Å². The minimum atomic E-state index is -0.902. The van der Waals surface area contributed by atoms with Gasteiger partial charge in [-0.25, -0.2) is 0 Å². The lowest BCUT2D eigenvalue weighted by Gasteiger charge is -2.23. The Morgan fingerprint density at radius 1 is 1.42 bits per heavy atom. The summed E-state index contributed by atoms with van der Waals surface area (Å²) in [6.45, 7) is 3.81. The maximum atomic E-state index is 11.4. The number of aliphatic carboxylic acids is 1. The number of rotatable bonds is 6. The lowest BCUT2D eigenvalue weighted by Crippen LogP contribution is -2.29. The Morgan fingerprint density at radius 2 is 2.05 bits per heavy atom. The summed E-state index contributed by atoms with van der Waals surface area (Å²) >= 11 is 5.81. The number of carboxylic acids is 1. The molecule has 0 bridgehead atoms. The number of anilines is 1. The third kappa shape index (κ3) is 4.44. The average molecular weight is 285 g/mol. The Hall–Kier alpha value is -1.75. The number of hydrogen-bond acceptors (Lipinski definition) is 3. The Morgan fingerprint density at radius 3 is 2.53 bits per heavy atom. The van der Waals surface area contributed by atoms with Crippen LogP contribution in [0.4, 0.5) is 5.69 Å². The third-order valence-electron chi connectivity index (χ3n) is 2.79. The fraction of sp³-hybridized carbons (Fsp3) is 0.385. The van der Waals surface area contributed by atoms with E-state index in [-0.39, 0.29) is 23.9 Å². The molecule has 0 aliphatic rings. The number of hydrogen-bond donors (Lipinski definition) is 3. The summed E-state index contributed by atoms with van der Waals surface area (Å²) in [5.41, 5.74) is 6.03. The van der Waals surface area contributed by atoms with E-state index < -0.39 is 11.9 Å². The Balaban J connectivity index is 3.02. The molecule has 0 aliphatic carbocycles. The molecule has 104 valence electrons. The van der Waals surface area contributed by atoms with E-state index in [1.165, 1.54) is 6.07 Å². The van der Waals surface area contributed by atoms with Gasteiger partial charge in [-0.05, 0) is 24.1 Å². The molecule has 0 fully saturated rings. The molecule has 1 aromatic carbocycles. The molecular weight excluding hydrogens is 268 g/mol. The summed E-state index contributed by atoms with van der Waals surface area (Å²) in [4.78, 5) is 22.2. The zero-order valence-corrected chi connectivity index (χ0v) is 11.6. The average Bonchev–Trinajstić information content (AvgIpc) is 2.29. The first-order valence-corrected chi connectivity index (χ1v) is 6.26. The first kappa shape index (κ1) is 15.3. The van der Waals surface area contributed by atoms with E-state index in [1.807, 2.05) is 13.8 Å². The second-order valence-electron chi connectivity index (χ2n) is 4.65. The SMILES string of the molecule is CC(C)C(CC(=O)O)Nc1ccc(Cl)cc1C(N)=O. The molecule has 1 amide bonds. The normalized spacial score (nSPS) is 12.2. The molecule has 0 heterocycles. The van der Waals surface area contributed by atoms with Gasteiger partial charge in [0, 0.05) is 16.8 Å². The predicted molar refractivity (Wildman–Crippen MR) is 74.5 cm³/mol. The van der Waals surface area contributed by atoms with Crippen molar-refractivity contribution in [2.45, 2.75) is 26.3 Å². The van der Waals surface area contributed by atoms with Crippen molar-refractivity contribution >= 4 is 29.2 Å². The molecule has 0 saturated carbocycles. The molecule has 5 nitrogen and oxygen atoms in total. The summed E-state index contributed by atoms with van der Waals surface area (Å²) in [7, 11) is 0. The quantitative estimate of drug-likeness (QED) is 0.747. The number of carbonyl (C=O) groups is 2. The van der Waals surface area contributed by atoms with Crippen molar-refractivity contribution in [3.8, 4) is 0 Å². The highest BCUT2D eigenvalue weighted by Gasteiger charge is 2.19. The van der Waals surface area contributed by atoms with Crippen LogP contribution in [0.2, 0.25) is 5.02 Å². The van der Waals surface area contributed by atoms with Crippen LogP contribution in [-0.2, 0) is 4.79 Å². The fourth-order valence-electron chi connectivity index (χ4n) is 1.69. The second-order valence-corrected chi connectivity index (χ2v) is 5.08. The van der Waals surface area contributed by atoms with Gasteiger partial charge in [-0.15, -0.1) is 0 Å². The topological polar surface area (TPSA) is 92.4 Å². The standard InChI is InChI=1S/C13H17ClN2O3/c1-7(2)11(6-12(17)18)16-10-4-3-8(14)5-9(10)13(15)19/h3-5,7,11,16H,6H2,1-2H3,(H2,15,19)(H,17,18). The highest BCUT2D eigenvalue weighted by atomic mass is 35.5. The largest absolute Gasteiger partial charge is 0.481 e. The van der Waals surface area contributed by atoms with Crippen LogP contribution in [-0.4, -0.2) is 23.0 Å². The molecule has 0 aliphatic heterocycles. The van der Waals surface area contributed by atoms with Gasteiger partial charge in [0.15, 0.2) is 0 Å². The number of primary amides is 1. The first-order chi connectivity index (χ1) is 8.81. The zero-order valence-electron chi connectivity index (χ0n) is 10.8. The first-order valence-electron chi connectivity index (χ1n) is 5.89. The van der Waals surface area contributed by atoms with Crippen LogP contribution in [0.3, 0.4) is 0 Å². The molecule has 1 rings (SSSR count). The molecule has 6 heteroatoms. The van der Waals surface area contributed by atoms with E-state index in [2.05, 4.69) is 5.32 Å². The summed E-state index contributed by atoms with van der Waals surface area (Å²) in [6, 6.07) is 4.41. The molecule has 0 aromatic heterocycles. The summed E-state index contributed by atoms with van der Waals surface area (Å²) < 4.78 is 0. The Kier molecular flexibility index (Phi) is 5.18. The summed E-state index contributed by atoms with van der Waals surface area (Å²) in [6.07, 6.45) is -0.0432. The molecule has 0 radical (unpaired) electrons. The van der Waals surface area contributed by atoms with Crippen molar-refractivity contribution in [3.05, 3.63) is 28.8 Å². The van der Waals surface area contributed by atoms with Gasteiger partial charge in [0.1, 0.15) is 0 Å². The number of benzene rings is 1. The summed E-state index contributed by atoms with van der Waals surface area (Å²) in [5.74, 6) is -1.42. The van der Waals surface area contributed by atoms with Gasteiger partial charge in [0.05, 0.1) is 12.0 Å². The highest BCUT2D eigenvalue weighted by molar-refractivity contribution is 6.31. The number of nitrogens with one attached hydrogen (secondary N) is 1. The van der Waals surface area contributed by atoms with Gasteiger partial charge in [-0.3, -0.25) is 9.59 Å². The number of nitrogens with two attached hydrogens (primary N) is 1. The van der Waals surface area contributed by atoms with E-state index in [9.17, 15) is 9.59 Å². The fourth-order valence-corrected chi connectivity index (χ4v) is 1.86. The van der Waals surface area contributed by atoms with E-state index in [4.69, 9.17) is 22.4 Å². The van der Waals surface area contributed by atoms with E-state index in [0.29, 0.717) is 10.7 Å². The van der Waals surface area contributed by atoms with Crippen molar-refractivity contribution < 1.29 is 14.7 Å². The van der Waals surface area contributed by atoms with Crippen LogP contribution < -0.4 is 11.1 Å². The van der Waals surface area contributed by atoms with Crippen molar-refractivity contribution in [1.82, 2.24) is 0 Å². The van der Waals surface area contributed by atoms with Crippen LogP contribution >= 0.6 is 11.6 Å². The molecule has 19 heavy (non-hydrogen) atoms. The van der Waals surface area contributed by atoms with Gasteiger partial charge >= 0.3 is 5.97 Å². The van der Waals surface area contributed by atoms with Gasteiger partial charge in [0.2, 0.25) is 0 Å². The molecule has 4 N–H and O–H groups in total. The number of amides is 1. The predicted octanol–water partition coefficient (Wildman–Crippen LogP) is 2.35. The van der Waals surface area contributed by atoms with Gasteiger partial charge in [-0.2, -0.15) is 0 Å². The minimum Gasteiger partial charge on any atom is -0.481 e. The zero-order chi connectivity index (χ0) is 14.6. The molecular formula is C13H17ClN2O3. The number of carboxylic acid groups (broad SMARTS) is 1. The van der Waals surface area contributed by atoms with Crippen LogP contribution in [0.1, 0.15) is 30.6 Å². The van der Waals surface area contributed by atoms with Crippen LogP contribution in [0, 0.1) is 5.92 Å². The van der Waals surface area contributed by atoms with E-state index in [1.54, 1.807) is 12.1 Å². The molecule has 0 saturated heterocycles. The van der Waals surface area contributed by atoms with Gasteiger partial charge in [-0.1, -0.05) is 25.4 Å². The lowest BCUT2D eigenvalue weighted by atomic mass is 10.00. The maximum Gasteiger partial charge on any atom is 0.305 e. The third-order valence-corrected chi connectivity index (χ3v) is 3.02. The Bertz CT molecular complexity index is 489. The number of carbonyl (C=O) groups excluding carboxylic acids is 1. The molecule has 1 atom stereocenters. The van der Waals surface area contributed by atoms with Crippen LogP contribution in [0.5, 0.6) is 0 Å². The monoisotopic (exact) mass is 284 g/mol. The molecule has 1 aromatic rings. The summed E-state index contributed by atoms with van der Waals surface area (Å²) in [5, 5.41) is 12.3. The van der Waals surface area contributed by atoms with Crippen LogP contribution in [0.25, 0.3) is 0 Å². The van der Waals surface area contributed by atoms with E-state index >= 15 is 0 Å². The van der Waals surface area contributed by atoms with E-state index in [0.717, 1.165) is 0 Å². The lowest BCUT2D eigenvalue weighted by molar-refractivity contribution is -0.137. The van der Waals surface area contributed by atoms with Gasteiger partial charge in [0.25, 0.3) is 5.91 Å². The van der Waals surface area contributed by atoms with Crippen molar-refractivity contribution in [2.24, 2.45) is 11.7 Å². The highest BCUT2D eigenvalue weighted by Crippen LogP contribution is 2.23. The molecule has 1 unspecified atom stereocenters. The Labute approximate surface area is 116 Å². The van der Waals surface area contributed by atoms with Crippen LogP contribution in [0.15, 0.2) is 18.2 Å². The van der Waals surface area contributed by atoms with Crippen molar-refractivity contribution in [3.63, 3.8) is 0 Å². The van der Waals surface area contributed by atoms with Crippen molar-refractivity contribution in [2.75, 3.05) is 5.32 Å². The maximum absolute atomic E-state index is 11.4. The number of halogens is 1.